The molecule has 8 nitrogen and oxygen atoms in total. The Labute approximate surface area is 188 Å². The van der Waals surface area contributed by atoms with Crippen molar-refractivity contribution in [3.05, 3.63) is 35.9 Å². The van der Waals surface area contributed by atoms with Gasteiger partial charge in [-0.15, -0.1) is 0 Å². The number of hydrogen-bond acceptors (Lipinski definition) is 6. The number of carbonyl (C=O) groups excluding carboxylic acids is 2. The standard InChI is InChI=1S/C24H30N2O6/c1-5-31-20-14-18(26-24(28)16-8-9-16)21(32-6-2)13-17(20)25-23(27)12-15-7-10-19(29-3)22(11-15)30-4/h7,10-11,13-14,16H,5-6,8-9,12H2,1-4H3,(H,25,27)(H,26,28). The minimum atomic E-state index is -0.226. The summed E-state index contributed by atoms with van der Waals surface area (Å²) in [5.41, 5.74) is 1.78. The molecule has 2 N–H and O–H groups in total. The minimum absolute atomic E-state index is 0.0290. The first-order chi connectivity index (χ1) is 15.5. The molecular weight excluding hydrogens is 412 g/mol. The van der Waals surface area contributed by atoms with E-state index in [-0.39, 0.29) is 24.2 Å². The molecule has 0 saturated heterocycles. The molecule has 0 unspecified atom stereocenters. The van der Waals surface area contributed by atoms with Gasteiger partial charge in [0.15, 0.2) is 11.5 Å². The summed E-state index contributed by atoms with van der Waals surface area (Å²) in [4.78, 5) is 25.0. The van der Waals surface area contributed by atoms with Gasteiger partial charge < -0.3 is 29.6 Å². The van der Waals surface area contributed by atoms with Gasteiger partial charge in [-0.3, -0.25) is 9.59 Å². The molecule has 2 aromatic rings. The molecule has 0 aliphatic heterocycles. The van der Waals surface area contributed by atoms with Crippen molar-refractivity contribution in [2.75, 3.05) is 38.1 Å². The lowest BCUT2D eigenvalue weighted by Gasteiger charge is -2.18. The first-order valence-electron chi connectivity index (χ1n) is 10.7. The summed E-state index contributed by atoms with van der Waals surface area (Å²) in [7, 11) is 3.11. The Morgan fingerprint density at radius 2 is 1.44 bits per heavy atom. The summed E-state index contributed by atoms with van der Waals surface area (Å²) in [6.07, 6.45) is 1.94. The third-order valence-electron chi connectivity index (χ3n) is 4.97. The maximum Gasteiger partial charge on any atom is 0.228 e. The maximum absolute atomic E-state index is 12.8. The third-order valence-corrected chi connectivity index (χ3v) is 4.97. The zero-order valence-corrected chi connectivity index (χ0v) is 18.9. The van der Waals surface area contributed by atoms with E-state index >= 15 is 0 Å². The van der Waals surface area contributed by atoms with Gasteiger partial charge in [0.1, 0.15) is 11.5 Å². The second kappa shape index (κ2) is 10.7. The van der Waals surface area contributed by atoms with Gasteiger partial charge in [-0.05, 0) is 44.4 Å². The molecule has 2 amide bonds. The summed E-state index contributed by atoms with van der Waals surface area (Å²) in [6, 6.07) is 8.72. The van der Waals surface area contributed by atoms with Gasteiger partial charge in [0.25, 0.3) is 0 Å². The molecule has 1 saturated carbocycles. The Bertz CT molecular complexity index is 971. The van der Waals surface area contributed by atoms with E-state index in [1.54, 1.807) is 38.5 Å². The Kier molecular flexibility index (Phi) is 7.81. The molecular formula is C24H30N2O6. The highest BCUT2D eigenvalue weighted by Crippen LogP contribution is 2.39. The van der Waals surface area contributed by atoms with Gasteiger partial charge >= 0.3 is 0 Å². The van der Waals surface area contributed by atoms with Crippen LogP contribution in [-0.2, 0) is 16.0 Å². The van der Waals surface area contributed by atoms with Crippen molar-refractivity contribution in [3.63, 3.8) is 0 Å². The highest BCUT2D eigenvalue weighted by molar-refractivity contribution is 5.98. The van der Waals surface area contributed by atoms with Crippen LogP contribution < -0.4 is 29.6 Å². The van der Waals surface area contributed by atoms with Crippen LogP contribution >= 0.6 is 0 Å². The maximum atomic E-state index is 12.8. The van der Waals surface area contributed by atoms with Gasteiger partial charge in [0, 0.05) is 18.1 Å². The minimum Gasteiger partial charge on any atom is -0.493 e. The number of nitrogens with one attached hydrogen (secondary N) is 2. The van der Waals surface area contributed by atoms with Gasteiger partial charge in [-0.25, -0.2) is 0 Å². The van der Waals surface area contributed by atoms with Crippen molar-refractivity contribution >= 4 is 23.2 Å². The number of ether oxygens (including phenoxy) is 4. The number of carbonyl (C=O) groups is 2. The number of amides is 2. The largest absolute Gasteiger partial charge is 0.493 e. The Hall–Kier alpha value is -3.42. The predicted molar refractivity (Wildman–Crippen MR) is 122 cm³/mol. The van der Waals surface area contributed by atoms with E-state index in [9.17, 15) is 9.59 Å². The van der Waals surface area contributed by atoms with Crippen molar-refractivity contribution in [2.45, 2.75) is 33.1 Å². The topological polar surface area (TPSA) is 95.1 Å². The van der Waals surface area contributed by atoms with Gasteiger partial charge in [-0.2, -0.15) is 0 Å². The van der Waals surface area contributed by atoms with Crippen LogP contribution in [0, 0.1) is 5.92 Å². The van der Waals surface area contributed by atoms with Crippen LogP contribution in [0.1, 0.15) is 32.3 Å². The molecule has 0 radical (unpaired) electrons. The molecule has 0 spiro atoms. The van der Waals surface area contributed by atoms with Crippen LogP contribution in [0.4, 0.5) is 11.4 Å². The molecule has 2 aromatic carbocycles. The van der Waals surface area contributed by atoms with Gasteiger partial charge in [-0.1, -0.05) is 6.07 Å². The van der Waals surface area contributed by atoms with E-state index in [1.165, 1.54) is 0 Å². The molecule has 0 aromatic heterocycles. The van der Waals surface area contributed by atoms with Crippen molar-refractivity contribution in [1.29, 1.82) is 0 Å². The molecule has 172 valence electrons. The van der Waals surface area contributed by atoms with Crippen molar-refractivity contribution in [1.82, 2.24) is 0 Å². The molecule has 0 bridgehead atoms. The lowest BCUT2D eigenvalue weighted by molar-refractivity contribution is -0.117. The third kappa shape index (κ3) is 5.84. The van der Waals surface area contributed by atoms with E-state index in [0.717, 1.165) is 18.4 Å². The van der Waals surface area contributed by atoms with E-state index in [4.69, 9.17) is 18.9 Å². The van der Waals surface area contributed by atoms with Crippen LogP contribution in [-0.4, -0.2) is 39.2 Å². The van der Waals surface area contributed by atoms with E-state index < -0.39 is 0 Å². The average molecular weight is 443 g/mol. The smallest absolute Gasteiger partial charge is 0.228 e. The quantitative estimate of drug-likeness (QED) is 0.546. The number of benzene rings is 2. The lowest BCUT2D eigenvalue weighted by Crippen LogP contribution is -2.17. The summed E-state index contributed by atoms with van der Waals surface area (Å²) in [5.74, 6) is 1.90. The van der Waals surface area contributed by atoms with Crippen LogP contribution in [0.25, 0.3) is 0 Å². The van der Waals surface area contributed by atoms with Crippen molar-refractivity contribution in [3.8, 4) is 23.0 Å². The van der Waals surface area contributed by atoms with Crippen LogP contribution in [0.15, 0.2) is 30.3 Å². The predicted octanol–water partition coefficient (Wildman–Crippen LogP) is 4.03. The van der Waals surface area contributed by atoms with Crippen molar-refractivity contribution in [2.24, 2.45) is 5.92 Å². The highest BCUT2D eigenvalue weighted by Gasteiger charge is 2.30. The van der Waals surface area contributed by atoms with E-state index in [2.05, 4.69) is 10.6 Å². The van der Waals surface area contributed by atoms with Crippen LogP contribution in [0.5, 0.6) is 23.0 Å². The zero-order chi connectivity index (χ0) is 23.1. The summed E-state index contributed by atoms with van der Waals surface area (Å²) < 4.78 is 22.0. The second-order valence-corrected chi connectivity index (χ2v) is 7.39. The Balaban J connectivity index is 1.81. The number of anilines is 2. The van der Waals surface area contributed by atoms with Crippen molar-refractivity contribution < 1.29 is 28.5 Å². The highest BCUT2D eigenvalue weighted by atomic mass is 16.5. The lowest BCUT2D eigenvalue weighted by atomic mass is 10.1. The first-order valence-corrected chi connectivity index (χ1v) is 10.7. The molecule has 1 aliphatic rings. The first kappa shape index (κ1) is 23.2. The Morgan fingerprint density at radius 1 is 0.844 bits per heavy atom. The summed E-state index contributed by atoms with van der Waals surface area (Å²) in [5, 5.41) is 5.81. The molecule has 0 heterocycles. The SMILES string of the molecule is CCOc1cc(NC(=O)C2CC2)c(OCC)cc1NC(=O)Cc1ccc(OC)c(OC)c1. The van der Waals surface area contributed by atoms with E-state index in [0.29, 0.717) is 47.6 Å². The molecule has 8 heteroatoms. The van der Waals surface area contributed by atoms with Gasteiger partial charge in [0.2, 0.25) is 11.8 Å². The Morgan fingerprint density at radius 3 is 1.97 bits per heavy atom. The molecule has 32 heavy (non-hydrogen) atoms. The number of rotatable bonds is 11. The molecule has 0 atom stereocenters. The van der Waals surface area contributed by atoms with Gasteiger partial charge in [0.05, 0.1) is 45.2 Å². The number of hydrogen-bond donors (Lipinski definition) is 2. The summed E-state index contributed by atoms with van der Waals surface area (Å²) in [6.45, 7) is 4.54. The normalized spacial score (nSPS) is 12.6. The van der Waals surface area contributed by atoms with Crippen LogP contribution in [0.2, 0.25) is 0 Å². The fourth-order valence-corrected chi connectivity index (χ4v) is 3.26. The number of methoxy groups -OCH3 is 2. The molecule has 3 rings (SSSR count). The molecule has 1 fully saturated rings. The average Bonchev–Trinajstić information content (AvgIpc) is 3.62. The zero-order valence-electron chi connectivity index (χ0n) is 18.9. The van der Waals surface area contributed by atoms with Crippen LogP contribution in [0.3, 0.4) is 0 Å². The molecule has 1 aliphatic carbocycles. The summed E-state index contributed by atoms with van der Waals surface area (Å²) >= 11 is 0. The van der Waals surface area contributed by atoms with E-state index in [1.807, 2.05) is 19.9 Å². The fraction of sp³-hybridized carbons (Fsp3) is 0.417. The fourth-order valence-electron chi connectivity index (χ4n) is 3.26. The second-order valence-electron chi connectivity index (χ2n) is 7.39. The monoisotopic (exact) mass is 442 g/mol.